The molecule has 2 unspecified atom stereocenters. The standard InChI is InChI=1S/C35H46Cl2N2O6/c1-34(37)30(26-7-3-2-4-8-26)9-5-13-35(34,45-16-6-14-39-15-12-29(42)20-39)24-44-33-18-32(43-23-25-10-11-25)27(17-31(33)36)19-38-28(21-40)22-41/h2-5,7-9,13,17-18,25,28-29,38,40-42H,6,10-12,14-16,19-24H2,1H3/t29?,34-,35?/m1/s1. The number of likely N-dealkylation sites (tertiary alicyclic amines) is 1. The smallest absolute Gasteiger partial charge is 0.143 e. The number of halogens is 2. The maximum atomic E-state index is 9.92. The van der Waals surface area contributed by atoms with E-state index in [2.05, 4.69) is 10.2 Å². The number of β-amino-alcohol motifs (C(OH)–C–C–N with tert-alkyl or cyclic N) is 1. The topological polar surface area (TPSA) is 104 Å². The molecule has 0 radical (unpaired) electrons. The van der Waals surface area contributed by atoms with Crippen LogP contribution >= 0.6 is 23.2 Å². The molecule has 0 amide bonds. The number of nitrogens with zero attached hydrogens (tertiary/aromatic N) is 1. The summed E-state index contributed by atoms with van der Waals surface area (Å²) in [4.78, 5) is 1.28. The molecule has 1 saturated carbocycles. The lowest BCUT2D eigenvalue weighted by molar-refractivity contribution is -0.0540. The van der Waals surface area contributed by atoms with Crippen molar-refractivity contribution < 1.29 is 29.5 Å². The molecular weight excluding hydrogens is 615 g/mol. The van der Waals surface area contributed by atoms with E-state index >= 15 is 0 Å². The molecule has 10 heteroatoms. The molecule has 1 heterocycles. The Bertz CT molecular complexity index is 1310. The molecule has 2 aromatic carbocycles. The van der Waals surface area contributed by atoms with E-state index in [-0.39, 0.29) is 25.9 Å². The van der Waals surface area contributed by atoms with Gasteiger partial charge in [-0.25, -0.2) is 0 Å². The van der Waals surface area contributed by atoms with Gasteiger partial charge in [-0.2, -0.15) is 0 Å². The summed E-state index contributed by atoms with van der Waals surface area (Å²) in [6.07, 6.45) is 9.61. The fourth-order valence-corrected chi connectivity index (χ4v) is 6.45. The van der Waals surface area contributed by atoms with Gasteiger partial charge in [0, 0.05) is 44.4 Å². The zero-order valence-electron chi connectivity index (χ0n) is 26.0. The van der Waals surface area contributed by atoms with Gasteiger partial charge in [0.1, 0.15) is 28.6 Å². The van der Waals surface area contributed by atoms with Gasteiger partial charge in [0.05, 0.1) is 37.0 Å². The zero-order chi connectivity index (χ0) is 31.9. The van der Waals surface area contributed by atoms with Gasteiger partial charge < -0.3 is 39.7 Å². The van der Waals surface area contributed by atoms with Crippen molar-refractivity contribution in [1.29, 1.82) is 0 Å². The zero-order valence-corrected chi connectivity index (χ0v) is 27.5. The largest absolute Gasteiger partial charge is 0.493 e. The predicted octanol–water partition coefficient (Wildman–Crippen LogP) is 4.81. The summed E-state index contributed by atoms with van der Waals surface area (Å²) in [7, 11) is 0. The minimum absolute atomic E-state index is 0.104. The number of benzene rings is 2. The van der Waals surface area contributed by atoms with Crippen LogP contribution < -0.4 is 14.8 Å². The van der Waals surface area contributed by atoms with Crippen molar-refractivity contribution >= 4 is 28.8 Å². The van der Waals surface area contributed by atoms with Gasteiger partial charge >= 0.3 is 0 Å². The second kappa shape index (κ2) is 15.6. The average molecular weight is 662 g/mol. The number of hydrogen-bond acceptors (Lipinski definition) is 8. The Hall–Kier alpha value is -2.14. The van der Waals surface area contributed by atoms with E-state index in [1.54, 1.807) is 0 Å². The van der Waals surface area contributed by atoms with Gasteiger partial charge in [0.15, 0.2) is 0 Å². The number of ether oxygens (including phenoxy) is 3. The quantitative estimate of drug-likeness (QED) is 0.142. The number of rotatable bonds is 17. The van der Waals surface area contributed by atoms with Crippen LogP contribution in [0.3, 0.4) is 0 Å². The number of nitrogens with one attached hydrogen (secondary N) is 1. The lowest BCUT2D eigenvalue weighted by atomic mass is 9.76. The molecule has 8 nitrogen and oxygen atoms in total. The first kappa shape index (κ1) is 34.2. The third kappa shape index (κ3) is 8.62. The van der Waals surface area contributed by atoms with Crippen molar-refractivity contribution in [1.82, 2.24) is 10.2 Å². The van der Waals surface area contributed by atoms with Crippen molar-refractivity contribution in [3.8, 4) is 11.5 Å². The van der Waals surface area contributed by atoms with E-state index in [0.29, 0.717) is 48.7 Å². The molecule has 1 aliphatic heterocycles. The lowest BCUT2D eigenvalue weighted by Gasteiger charge is -2.45. The second-order valence-electron chi connectivity index (χ2n) is 12.5. The van der Waals surface area contributed by atoms with Crippen LogP contribution in [0, 0.1) is 5.92 Å². The summed E-state index contributed by atoms with van der Waals surface area (Å²) in [6, 6.07) is 13.2. The molecule has 4 N–H and O–H groups in total. The van der Waals surface area contributed by atoms with Crippen LogP contribution in [-0.2, 0) is 11.3 Å². The molecule has 2 fully saturated rings. The monoisotopic (exact) mass is 660 g/mol. The van der Waals surface area contributed by atoms with Gasteiger partial charge in [0.25, 0.3) is 0 Å². The minimum atomic E-state index is -1.02. The highest BCUT2D eigenvalue weighted by molar-refractivity contribution is 6.32. The molecule has 3 aliphatic rings. The second-order valence-corrected chi connectivity index (χ2v) is 13.7. The van der Waals surface area contributed by atoms with Crippen molar-refractivity contribution in [3.63, 3.8) is 0 Å². The Morgan fingerprint density at radius 2 is 1.84 bits per heavy atom. The normalized spacial score (nSPS) is 25.1. The summed E-state index contributed by atoms with van der Waals surface area (Å²) in [5, 5.41) is 32.5. The van der Waals surface area contributed by atoms with Gasteiger partial charge in [-0.1, -0.05) is 54.1 Å². The summed E-state index contributed by atoms with van der Waals surface area (Å²) < 4.78 is 19.4. The minimum Gasteiger partial charge on any atom is -0.493 e. The molecule has 2 aliphatic carbocycles. The molecule has 5 rings (SSSR count). The molecule has 0 aromatic heterocycles. The first-order chi connectivity index (χ1) is 21.7. The Morgan fingerprint density at radius 1 is 1.07 bits per heavy atom. The number of allylic oxidation sites excluding steroid dienone is 2. The van der Waals surface area contributed by atoms with Crippen molar-refractivity contribution in [2.24, 2.45) is 5.92 Å². The Labute approximate surface area is 276 Å². The fourth-order valence-electron chi connectivity index (χ4n) is 5.87. The van der Waals surface area contributed by atoms with Crippen molar-refractivity contribution in [2.75, 3.05) is 52.7 Å². The summed E-state index contributed by atoms with van der Waals surface area (Å²) >= 11 is 14.3. The highest BCUT2D eigenvalue weighted by atomic mass is 35.5. The SMILES string of the molecule is C[C@@]1(Cl)C(c2ccccc2)=CC=CC1(COc1cc(OCC2CC2)c(CNC(CO)CO)cc1Cl)OCCCN1CCC(O)C1. The third-order valence-electron chi connectivity index (χ3n) is 8.99. The number of aliphatic hydroxyl groups is 3. The van der Waals surface area contributed by atoms with Gasteiger partial charge in [-0.3, -0.25) is 0 Å². The maximum absolute atomic E-state index is 9.92. The molecule has 246 valence electrons. The Balaban J connectivity index is 1.36. The summed E-state index contributed by atoms with van der Waals surface area (Å²) in [5.41, 5.74) is 1.73. The molecule has 45 heavy (non-hydrogen) atoms. The molecule has 0 spiro atoms. The fraction of sp³-hybridized carbons (Fsp3) is 0.543. The highest BCUT2D eigenvalue weighted by Gasteiger charge is 2.51. The highest BCUT2D eigenvalue weighted by Crippen LogP contribution is 2.48. The predicted molar refractivity (Wildman–Crippen MR) is 178 cm³/mol. The van der Waals surface area contributed by atoms with E-state index in [9.17, 15) is 15.3 Å². The first-order valence-electron chi connectivity index (χ1n) is 16.0. The summed E-state index contributed by atoms with van der Waals surface area (Å²) in [5.74, 6) is 1.64. The van der Waals surface area contributed by atoms with Gasteiger partial charge in [-0.15, -0.1) is 11.6 Å². The van der Waals surface area contributed by atoms with Crippen LogP contribution in [0.5, 0.6) is 11.5 Å². The molecule has 0 bridgehead atoms. The van der Waals surface area contributed by atoms with Crippen LogP contribution in [0.15, 0.2) is 60.7 Å². The van der Waals surface area contributed by atoms with E-state index in [1.807, 2.05) is 67.6 Å². The van der Waals surface area contributed by atoms with Crippen molar-refractivity contribution in [2.45, 2.75) is 61.8 Å². The first-order valence-corrected chi connectivity index (χ1v) is 16.7. The lowest BCUT2D eigenvalue weighted by Crippen LogP contribution is -2.55. The van der Waals surface area contributed by atoms with Gasteiger partial charge in [0.2, 0.25) is 0 Å². The van der Waals surface area contributed by atoms with Gasteiger partial charge in [-0.05, 0) is 61.8 Å². The summed E-state index contributed by atoms with van der Waals surface area (Å²) in [6.45, 7) is 5.53. The molecule has 3 atom stereocenters. The van der Waals surface area contributed by atoms with E-state index in [4.69, 9.17) is 37.4 Å². The maximum Gasteiger partial charge on any atom is 0.143 e. The van der Waals surface area contributed by atoms with E-state index in [0.717, 1.165) is 55.5 Å². The third-order valence-corrected chi connectivity index (χ3v) is 9.81. The van der Waals surface area contributed by atoms with Crippen LogP contribution in [0.4, 0.5) is 0 Å². The van der Waals surface area contributed by atoms with E-state index < -0.39 is 16.5 Å². The number of aliphatic hydroxyl groups excluding tert-OH is 3. The number of alkyl halides is 1. The Morgan fingerprint density at radius 3 is 2.53 bits per heavy atom. The average Bonchev–Trinajstić information content (AvgIpc) is 3.78. The molecule has 1 saturated heterocycles. The van der Waals surface area contributed by atoms with E-state index in [1.165, 1.54) is 0 Å². The van der Waals surface area contributed by atoms with Crippen LogP contribution in [-0.4, -0.2) is 95.5 Å². The van der Waals surface area contributed by atoms with Crippen LogP contribution in [0.25, 0.3) is 5.57 Å². The Kier molecular flexibility index (Phi) is 11.9. The number of hydrogen-bond donors (Lipinski definition) is 4. The van der Waals surface area contributed by atoms with Crippen LogP contribution in [0.1, 0.15) is 43.7 Å². The molecule has 2 aromatic rings. The van der Waals surface area contributed by atoms with Crippen molar-refractivity contribution in [3.05, 3.63) is 76.8 Å². The van der Waals surface area contributed by atoms with Crippen LogP contribution in [0.2, 0.25) is 5.02 Å². The molecular formula is C35H46Cl2N2O6.